The molecule has 0 aliphatic heterocycles. The molecule has 0 unspecified atom stereocenters. The van der Waals surface area contributed by atoms with Crippen LogP contribution in [-0.2, 0) is 16.6 Å². The number of amides is 1. The lowest BCUT2D eigenvalue weighted by atomic mass is 10.2. The number of carbonyl (C=O) groups excluding carboxylic acids is 1. The smallest absolute Gasteiger partial charge is 0.251 e. The van der Waals surface area contributed by atoms with Crippen molar-refractivity contribution in [3.8, 4) is 5.75 Å². The molecule has 0 bridgehead atoms. The van der Waals surface area contributed by atoms with Crippen molar-refractivity contribution in [2.24, 2.45) is 0 Å². The van der Waals surface area contributed by atoms with Crippen molar-refractivity contribution in [2.75, 3.05) is 23.7 Å². The monoisotopic (exact) mass is 492 g/mol. The molecule has 6 nitrogen and oxygen atoms in total. The Kier molecular flexibility index (Phi) is 8.01. The Morgan fingerprint density at radius 2 is 1.47 bits per heavy atom. The Morgan fingerprint density at radius 3 is 2.03 bits per heavy atom. The number of nitrogens with one attached hydrogen (secondary N) is 1. The molecule has 1 N–H and O–H groups in total. The van der Waals surface area contributed by atoms with Crippen LogP contribution in [0, 0.1) is 0 Å². The Hall–Kier alpha value is -2.74. The largest absolute Gasteiger partial charge is 0.492 e. The minimum absolute atomic E-state index is 0.156. The van der Waals surface area contributed by atoms with Gasteiger partial charge in [0.05, 0.1) is 25.0 Å². The first-order chi connectivity index (χ1) is 15.2. The summed E-state index contributed by atoms with van der Waals surface area (Å²) in [6.07, 6.45) is 1.14. The topological polar surface area (TPSA) is 75.7 Å². The van der Waals surface area contributed by atoms with E-state index in [4.69, 9.17) is 27.9 Å². The molecule has 168 valence electrons. The molecule has 3 aromatic rings. The number of rotatable bonds is 9. The molecule has 0 aromatic heterocycles. The van der Waals surface area contributed by atoms with Gasteiger partial charge in [0.15, 0.2) is 0 Å². The summed E-state index contributed by atoms with van der Waals surface area (Å²) in [7, 11) is -3.53. The third-order valence-corrected chi connectivity index (χ3v) is 6.17. The van der Waals surface area contributed by atoms with Crippen molar-refractivity contribution in [3.63, 3.8) is 0 Å². The molecule has 3 aromatic carbocycles. The maximum Gasteiger partial charge on any atom is 0.251 e. The summed E-state index contributed by atoms with van der Waals surface area (Å²) in [5.74, 6) is 0.384. The molecular formula is C23H22Cl2N2O4S. The average molecular weight is 493 g/mol. The van der Waals surface area contributed by atoms with Crippen molar-refractivity contribution in [2.45, 2.75) is 6.54 Å². The van der Waals surface area contributed by atoms with E-state index in [1.807, 2.05) is 0 Å². The van der Waals surface area contributed by atoms with E-state index in [2.05, 4.69) is 5.32 Å². The number of sulfonamides is 1. The van der Waals surface area contributed by atoms with Gasteiger partial charge in [-0.2, -0.15) is 0 Å². The van der Waals surface area contributed by atoms with E-state index in [0.717, 1.165) is 11.8 Å². The van der Waals surface area contributed by atoms with E-state index >= 15 is 0 Å². The summed E-state index contributed by atoms with van der Waals surface area (Å²) in [5, 5.41) is 3.97. The zero-order valence-electron chi connectivity index (χ0n) is 17.3. The zero-order chi connectivity index (χ0) is 23.1. The Bertz CT molecular complexity index is 1150. The number of hydrogen-bond donors (Lipinski definition) is 1. The van der Waals surface area contributed by atoms with Crippen LogP contribution in [0.5, 0.6) is 5.75 Å². The molecule has 0 spiro atoms. The molecular weight excluding hydrogens is 471 g/mol. The first-order valence-electron chi connectivity index (χ1n) is 9.71. The molecule has 0 aliphatic carbocycles. The van der Waals surface area contributed by atoms with Crippen LogP contribution in [0.3, 0.4) is 0 Å². The fourth-order valence-corrected chi connectivity index (χ4v) is 4.04. The number of hydrogen-bond acceptors (Lipinski definition) is 4. The lowest BCUT2D eigenvalue weighted by molar-refractivity contribution is 0.0947. The summed E-state index contributed by atoms with van der Waals surface area (Å²) in [6.45, 7) is 0.771. The number of nitrogens with zero attached hydrogens (tertiary/aromatic N) is 1. The fraction of sp³-hybridized carbons (Fsp3) is 0.174. The van der Waals surface area contributed by atoms with Crippen LogP contribution in [0.1, 0.15) is 15.9 Å². The molecule has 32 heavy (non-hydrogen) atoms. The lowest BCUT2D eigenvalue weighted by Gasteiger charge is -2.23. The van der Waals surface area contributed by atoms with Gasteiger partial charge in [-0.15, -0.1) is 0 Å². The maximum absolute atomic E-state index is 12.4. The number of ether oxygens (including phenoxy) is 1. The summed E-state index contributed by atoms with van der Waals surface area (Å²) < 4.78 is 31.5. The predicted octanol–water partition coefficient (Wildman–Crippen LogP) is 4.77. The molecule has 1 amide bonds. The van der Waals surface area contributed by atoms with Crippen molar-refractivity contribution in [3.05, 3.63) is 94.0 Å². The average Bonchev–Trinajstić information content (AvgIpc) is 2.77. The standard InChI is InChI=1S/C23H22Cl2N2O4S/c1-32(29,30)27(16-17-2-6-19(24)7-3-17)21-10-4-18(5-11-21)23(28)26-14-15-31-22-12-8-20(25)9-13-22/h2-13H,14-16H2,1H3,(H,26,28). The van der Waals surface area contributed by atoms with Crippen LogP contribution in [0.2, 0.25) is 10.0 Å². The number of carbonyl (C=O) groups is 1. The normalized spacial score (nSPS) is 11.1. The molecule has 0 aliphatic rings. The van der Waals surface area contributed by atoms with Gasteiger partial charge in [-0.25, -0.2) is 8.42 Å². The first-order valence-corrected chi connectivity index (χ1v) is 12.3. The van der Waals surface area contributed by atoms with Gasteiger partial charge >= 0.3 is 0 Å². The van der Waals surface area contributed by atoms with Gasteiger partial charge in [-0.3, -0.25) is 9.10 Å². The maximum atomic E-state index is 12.4. The van der Waals surface area contributed by atoms with Crippen LogP contribution in [0.4, 0.5) is 5.69 Å². The molecule has 0 heterocycles. The summed E-state index contributed by atoms with van der Waals surface area (Å²) >= 11 is 11.7. The Morgan fingerprint density at radius 1 is 0.906 bits per heavy atom. The predicted molar refractivity (Wildman–Crippen MR) is 128 cm³/mol. The fourth-order valence-electron chi connectivity index (χ4n) is 2.90. The molecule has 0 saturated heterocycles. The molecule has 0 atom stereocenters. The van der Waals surface area contributed by atoms with Crippen LogP contribution in [-0.4, -0.2) is 33.7 Å². The lowest BCUT2D eigenvalue weighted by Crippen LogP contribution is -2.30. The summed E-state index contributed by atoms with van der Waals surface area (Å²) in [4.78, 5) is 12.4. The molecule has 0 fully saturated rings. The van der Waals surface area contributed by atoms with Crippen LogP contribution < -0.4 is 14.4 Å². The van der Waals surface area contributed by atoms with Crippen molar-refractivity contribution < 1.29 is 17.9 Å². The molecule has 0 saturated carbocycles. The summed E-state index contributed by atoms with van der Waals surface area (Å²) in [6, 6.07) is 20.3. The van der Waals surface area contributed by atoms with Crippen LogP contribution in [0.15, 0.2) is 72.8 Å². The van der Waals surface area contributed by atoms with Crippen LogP contribution in [0.25, 0.3) is 0 Å². The highest BCUT2D eigenvalue weighted by molar-refractivity contribution is 7.92. The van der Waals surface area contributed by atoms with Gasteiger partial charge in [0.2, 0.25) is 10.0 Å². The number of anilines is 1. The quantitative estimate of drug-likeness (QED) is 0.436. The number of halogens is 2. The highest BCUT2D eigenvalue weighted by Gasteiger charge is 2.18. The van der Waals surface area contributed by atoms with Crippen molar-refractivity contribution in [1.29, 1.82) is 0 Å². The van der Waals surface area contributed by atoms with E-state index in [1.54, 1.807) is 72.8 Å². The third-order valence-electron chi connectivity index (χ3n) is 4.53. The highest BCUT2D eigenvalue weighted by atomic mass is 35.5. The zero-order valence-corrected chi connectivity index (χ0v) is 19.6. The molecule has 0 radical (unpaired) electrons. The minimum atomic E-state index is -3.53. The van der Waals surface area contributed by atoms with Gasteiger partial charge < -0.3 is 10.1 Å². The van der Waals surface area contributed by atoms with Crippen molar-refractivity contribution in [1.82, 2.24) is 5.32 Å². The van der Waals surface area contributed by atoms with Gasteiger partial charge in [0.25, 0.3) is 5.91 Å². The van der Waals surface area contributed by atoms with Gasteiger partial charge in [-0.1, -0.05) is 35.3 Å². The Labute approximate surface area is 197 Å². The highest BCUT2D eigenvalue weighted by Crippen LogP contribution is 2.22. The second-order valence-corrected chi connectivity index (χ2v) is 9.78. The third kappa shape index (κ3) is 6.88. The summed E-state index contributed by atoms with van der Waals surface area (Å²) in [5.41, 5.74) is 1.67. The first kappa shape index (κ1) is 23.9. The van der Waals surface area contributed by atoms with Crippen LogP contribution >= 0.6 is 23.2 Å². The van der Waals surface area contributed by atoms with E-state index in [0.29, 0.717) is 40.2 Å². The SMILES string of the molecule is CS(=O)(=O)N(Cc1ccc(Cl)cc1)c1ccc(C(=O)NCCOc2ccc(Cl)cc2)cc1. The molecule has 9 heteroatoms. The second-order valence-electron chi connectivity index (χ2n) is 7.00. The minimum Gasteiger partial charge on any atom is -0.492 e. The second kappa shape index (κ2) is 10.7. The Balaban J connectivity index is 1.59. The van der Waals surface area contributed by atoms with Gasteiger partial charge in [-0.05, 0) is 66.2 Å². The van der Waals surface area contributed by atoms with Gasteiger partial charge in [0, 0.05) is 15.6 Å². The molecule has 3 rings (SSSR count). The van der Waals surface area contributed by atoms with E-state index < -0.39 is 10.0 Å². The van der Waals surface area contributed by atoms with Crippen molar-refractivity contribution >= 4 is 44.8 Å². The van der Waals surface area contributed by atoms with E-state index in [1.165, 1.54) is 4.31 Å². The van der Waals surface area contributed by atoms with E-state index in [9.17, 15) is 13.2 Å². The van der Waals surface area contributed by atoms with E-state index in [-0.39, 0.29) is 12.5 Å². The number of benzene rings is 3. The van der Waals surface area contributed by atoms with Gasteiger partial charge in [0.1, 0.15) is 12.4 Å².